The summed E-state index contributed by atoms with van der Waals surface area (Å²) in [6, 6.07) is 15.6. The van der Waals surface area contributed by atoms with Crippen molar-refractivity contribution in [1.29, 1.82) is 0 Å². The quantitative estimate of drug-likeness (QED) is 0.680. The van der Waals surface area contributed by atoms with E-state index in [0.29, 0.717) is 10.8 Å². The van der Waals surface area contributed by atoms with Gasteiger partial charge in [-0.05, 0) is 49.6 Å². The van der Waals surface area contributed by atoms with Crippen LogP contribution in [0.5, 0.6) is 0 Å². The van der Waals surface area contributed by atoms with Gasteiger partial charge in [-0.3, -0.25) is 4.79 Å². The van der Waals surface area contributed by atoms with Crippen LogP contribution in [0.25, 0.3) is 17.1 Å². The first-order chi connectivity index (χ1) is 13.6. The first-order valence-electron chi connectivity index (χ1n) is 9.71. The average molecular weight is 395 g/mol. The lowest BCUT2D eigenvalue weighted by Crippen LogP contribution is -2.36. The van der Waals surface area contributed by atoms with Crippen molar-refractivity contribution in [1.82, 2.24) is 20.1 Å². The minimum absolute atomic E-state index is 0.182. The van der Waals surface area contributed by atoms with Gasteiger partial charge in [0.1, 0.15) is 0 Å². The lowest BCUT2D eigenvalue weighted by atomic mass is 9.95. The summed E-state index contributed by atoms with van der Waals surface area (Å²) in [4.78, 5) is 17.4. The summed E-state index contributed by atoms with van der Waals surface area (Å²) in [5.41, 5.74) is 2.79. The SMILES string of the molecule is Cc1cccc(-n2nc(C(=O)NC3CCCCC3)nc2-c2cccc(Cl)c2)c1. The van der Waals surface area contributed by atoms with Gasteiger partial charge < -0.3 is 5.32 Å². The molecule has 2 aromatic carbocycles. The van der Waals surface area contributed by atoms with Crippen molar-refractivity contribution in [2.45, 2.75) is 45.1 Å². The van der Waals surface area contributed by atoms with Gasteiger partial charge in [-0.1, -0.05) is 55.1 Å². The fourth-order valence-corrected chi connectivity index (χ4v) is 3.85. The van der Waals surface area contributed by atoms with E-state index in [4.69, 9.17) is 11.6 Å². The third-order valence-electron chi connectivity index (χ3n) is 5.08. The summed E-state index contributed by atoms with van der Waals surface area (Å²) >= 11 is 6.18. The topological polar surface area (TPSA) is 59.8 Å². The zero-order valence-electron chi connectivity index (χ0n) is 15.9. The molecule has 0 bridgehead atoms. The lowest BCUT2D eigenvalue weighted by molar-refractivity contribution is 0.0917. The molecule has 6 heteroatoms. The van der Waals surface area contributed by atoms with E-state index < -0.39 is 0 Å². The van der Waals surface area contributed by atoms with Gasteiger partial charge in [0.15, 0.2) is 5.82 Å². The molecule has 0 aliphatic heterocycles. The van der Waals surface area contributed by atoms with Gasteiger partial charge in [0, 0.05) is 16.6 Å². The molecular weight excluding hydrogens is 372 g/mol. The first kappa shape index (κ1) is 18.7. The third kappa shape index (κ3) is 4.09. The number of hydrogen-bond donors (Lipinski definition) is 1. The van der Waals surface area contributed by atoms with Crippen LogP contribution in [0, 0.1) is 6.92 Å². The van der Waals surface area contributed by atoms with Gasteiger partial charge in [-0.2, -0.15) is 0 Å². The summed E-state index contributed by atoms with van der Waals surface area (Å²) in [7, 11) is 0. The van der Waals surface area contributed by atoms with Crippen molar-refractivity contribution in [3.05, 3.63) is 64.9 Å². The van der Waals surface area contributed by atoms with Gasteiger partial charge in [0.05, 0.1) is 5.69 Å². The Bertz CT molecular complexity index is 929. The molecule has 1 aromatic heterocycles. The van der Waals surface area contributed by atoms with Crippen LogP contribution < -0.4 is 5.32 Å². The van der Waals surface area contributed by atoms with Crippen molar-refractivity contribution in [2.75, 3.05) is 0 Å². The number of rotatable bonds is 4. The van der Waals surface area contributed by atoms with Gasteiger partial charge >= 0.3 is 0 Å². The van der Waals surface area contributed by atoms with E-state index in [1.807, 2.05) is 55.5 Å². The van der Waals surface area contributed by atoms with E-state index >= 15 is 0 Å². The number of benzene rings is 2. The maximum atomic E-state index is 12.8. The maximum absolute atomic E-state index is 12.8. The number of nitrogens with zero attached hydrogens (tertiary/aromatic N) is 3. The standard InChI is InChI=1S/C22H23ClN4O/c1-15-7-5-12-19(13-15)27-21(16-8-6-9-17(23)14-16)25-20(26-27)22(28)24-18-10-3-2-4-11-18/h5-9,12-14,18H,2-4,10-11H2,1H3,(H,24,28). The van der Waals surface area contributed by atoms with E-state index in [0.717, 1.165) is 42.5 Å². The largest absolute Gasteiger partial charge is 0.347 e. The Morgan fingerprint density at radius 3 is 2.64 bits per heavy atom. The van der Waals surface area contributed by atoms with Crippen molar-refractivity contribution >= 4 is 17.5 Å². The van der Waals surface area contributed by atoms with Crippen LogP contribution in [0.2, 0.25) is 5.02 Å². The lowest BCUT2D eigenvalue weighted by Gasteiger charge is -2.21. The molecule has 0 saturated heterocycles. The minimum atomic E-state index is -0.221. The first-order valence-corrected chi connectivity index (χ1v) is 10.1. The summed E-state index contributed by atoms with van der Waals surface area (Å²) in [5, 5.41) is 8.26. The van der Waals surface area contributed by atoms with Crippen LogP contribution in [0.1, 0.15) is 48.3 Å². The van der Waals surface area contributed by atoms with Crippen LogP contribution in [-0.4, -0.2) is 26.7 Å². The Balaban J connectivity index is 1.72. The Morgan fingerprint density at radius 1 is 1.11 bits per heavy atom. The molecule has 1 amide bonds. The predicted molar refractivity (Wildman–Crippen MR) is 111 cm³/mol. The van der Waals surface area contributed by atoms with Crippen LogP contribution in [0.15, 0.2) is 48.5 Å². The summed E-state index contributed by atoms with van der Waals surface area (Å²) in [6.07, 6.45) is 5.59. The average Bonchev–Trinajstić information content (AvgIpc) is 3.14. The fourth-order valence-electron chi connectivity index (χ4n) is 3.66. The molecule has 28 heavy (non-hydrogen) atoms. The number of halogens is 1. The highest BCUT2D eigenvalue weighted by atomic mass is 35.5. The molecular formula is C22H23ClN4O. The highest BCUT2D eigenvalue weighted by molar-refractivity contribution is 6.30. The molecule has 0 unspecified atom stereocenters. The Morgan fingerprint density at radius 2 is 1.89 bits per heavy atom. The summed E-state index contributed by atoms with van der Waals surface area (Å²) < 4.78 is 1.72. The zero-order chi connectivity index (χ0) is 19.5. The minimum Gasteiger partial charge on any atom is -0.347 e. The number of nitrogens with one attached hydrogen (secondary N) is 1. The van der Waals surface area contributed by atoms with E-state index in [1.54, 1.807) is 4.68 Å². The molecule has 1 saturated carbocycles. The van der Waals surface area contributed by atoms with Gasteiger partial charge in [0.25, 0.3) is 5.91 Å². The van der Waals surface area contributed by atoms with Crippen LogP contribution in [-0.2, 0) is 0 Å². The molecule has 4 rings (SSSR count). The number of aromatic nitrogens is 3. The Kier molecular flexibility index (Phi) is 5.44. The molecule has 5 nitrogen and oxygen atoms in total. The van der Waals surface area contributed by atoms with E-state index in [1.165, 1.54) is 6.42 Å². The summed E-state index contributed by atoms with van der Waals surface area (Å²) in [6.45, 7) is 2.02. The number of hydrogen-bond acceptors (Lipinski definition) is 3. The van der Waals surface area contributed by atoms with E-state index in [-0.39, 0.29) is 17.8 Å². The highest BCUT2D eigenvalue weighted by Gasteiger charge is 2.22. The van der Waals surface area contributed by atoms with Crippen LogP contribution >= 0.6 is 11.6 Å². The van der Waals surface area contributed by atoms with Crippen molar-refractivity contribution in [3.8, 4) is 17.1 Å². The molecule has 0 radical (unpaired) electrons. The van der Waals surface area contributed by atoms with Crippen molar-refractivity contribution in [3.63, 3.8) is 0 Å². The highest BCUT2D eigenvalue weighted by Crippen LogP contribution is 2.25. The van der Waals surface area contributed by atoms with Crippen LogP contribution in [0.3, 0.4) is 0 Å². The maximum Gasteiger partial charge on any atom is 0.291 e. The molecule has 1 heterocycles. The predicted octanol–water partition coefficient (Wildman–Crippen LogP) is 4.96. The number of carbonyl (C=O) groups excluding carboxylic acids is 1. The second-order valence-electron chi connectivity index (χ2n) is 7.33. The molecule has 0 spiro atoms. The van der Waals surface area contributed by atoms with Gasteiger partial charge in [-0.15, -0.1) is 5.10 Å². The van der Waals surface area contributed by atoms with E-state index in [9.17, 15) is 4.79 Å². The molecule has 3 aromatic rings. The normalized spacial score (nSPS) is 14.8. The molecule has 144 valence electrons. The second kappa shape index (κ2) is 8.15. The zero-order valence-corrected chi connectivity index (χ0v) is 16.6. The van der Waals surface area contributed by atoms with Crippen LogP contribution in [0.4, 0.5) is 0 Å². The second-order valence-corrected chi connectivity index (χ2v) is 7.77. The number of carbonyl (C=O) groups is 1. The van der Waals surface area contributed by atoms with Gasteiger partial charge in [-0.25, -0.2) is 9.67 Å². The van der Waals surface area contributed by atoms with Crippen molar-refractivity contribution in [2.24, 2.45) is 0 Å². The molecule has 1 N–H and O–H groups in total. The molecule has 0 atom stereocenters. The monoisotopic (exact) mass is 394 g/mol. The summed E-state index contributed by atoms with van der Waals surface area (Å²) in [5.74, 6) is 0.561. The van der Waals surface area contributed by atoms with Gasteiger partial charge in [0.2, 0.25) is 5.82 Å². The molecule has 1 aliphatic carbocycles. The third-order valence-corrected chi connectivity index (χ3v) is 5.31. The molecule has 1 fully saturated rings. The van der Waals surface area contributed by atoms with Crippen molar-refractivity contribution < 1.29 is 4.79 Å². The molecule has 1 aliphatic rings. The Hall–Kier alpha value is -2.66. The number of aryl methyl sites for hydroxylation is 1. The number of amides is 1. The Labute approximate surface area is 169 Å². The van der Waals surface area contributed by atoms with E-state index in [2.05, 4.69) is 15.4 Å². The smallest absolute Gasteiger partial charge is 0.291 e. The fraction of sp³-hybridized carbons (Fsp3) is 0.318.